The molecule has 0 rings (SSSR count). The fourth-order valence-electron chi connectivity index (χ4n) is 1.28. The maximum atomic E-state index is 5.39. The minimum Gasteiger partial charge on any atom is -0.379 e. The quantitative estimate of drug-likeness (QED) is 0.422. The fraction of sp³-hybridized carbons (Fsp3) is 1.00. The Morgan fingerprint density at radius 1 is 0.600 bits per heavy atom. The lowest BCUT2D eigenvalue weighted by atomic mass is 10.2. The van der Waals surface area contributed by atoms with E-state index in [0.29, 0.717) is 71.9 Å². The second kappa shape index (κ2) is 16.8. The van der Waals surface area contributed by atoms with Crippen LogP contribution in [0.5, 0.6) is 0 Å². The van der Waals surface area contributed by atoms with Crippen LogP contribution >= 0.6 is 0 Å². The molecule has 0 saturated heterocycles. The molecule has 122 valence electrons. The molecule has 0 heterocycles. The van der Waals surface area contributed by atoms with Gasteiger partial charge in [0, 0.05) is 13.2 Å². The van der Waals surface area contributed by atoms with E-state index in [1.54, 1.807) is 0 Å². The first-order valence-corrected chi connectivity index (χ1v) is 7.36. The van der Waals surface area contributed by atoms with Crippen LogP contribution in [-0.4, -0.2) is 72.6 Å². The Hall–Kier alpha value is -0.240. The molecule has 20 heavy (non-hydrogen) atoms. The summed E-state index contributed by atoms with van der Waals surface area (Å²) in [5.74, 6) is 0.569. The summed E-state index contributed by atoms with van der Waals surface area (Å²) in [4.78, 5) is 0. The van der Waals surface area contributed by atoms with Gasteiger partial charge in [0.1, 0.15) is 0 Å². The number of hydrogen-bond donors (Lipinski definition) is 1. The number of rotatable bonds is 16. The monoisotopic (exact) mass is 293 g/mol. The molecule has 6 heteroatoms. The molecular formula is C14H31NO5. The van der Waals surface area contributed by atoms with E-state index in [1.165, 1.54) is 0 Å². The van der Waals surface area contributed by atoms with Crippen molar-refractivity contribution >= 4 is 0 Å². The van der Waals surface area contributed by atoms with Crippen molar-refractivity contribution in [2.75, 3.05) is 72.6 Å². The first-order chi connectivity index (χ1) is 9.77. The number of ether oxygens (including phenoxy) is 5. The van der Waals surface area contributed by atoms with Gasteiger partial charge < -0.3 is 29.4 Å². The van der Waals surface area contributed by atoms with Crippen LogP contribution in [-0.2, 0) is 23.7 Å². The van der Waals surface area contributed by atoms with Gasteiger partial charge in [-0.2, -0.15) is 0 Å². The van der Waals surface area contributed by atoms with Gasteiger partial charge in [0.15, 0.2) is 0 Å². The Bertz CT molecular complexity index is 181. The van der Waals surface area contributed by atoms with Crippen molar-refractivity contribution in [2.24, 2.45) is 11.7 Å². The van der Waals surface area contributed by atoms with Gasteiger partial charge in [-0.3, -0.25) is 0 Å². The average molecular weight is 293 g/mol. The van der Waals surface area contributed by atoms with E-state index in [-0.39, 0.29) is 0 Å². The van der Waals surface area contributed by atoms with Crippen LogP contribution < -0.4 is 5.73 Å². The third-order valence-corrected chi connectivity index (χ3v) is 2.20. The highest BCUT2D eigenvalue weighted by atomic mass is 16.6. The van der Waals surface area contributed by atoms with Crippen molar-refractivity contribution in [1.82, 2.24) is 0 Å². The topological polar surface area (TPSA) is 72.2 Å². The van der Waals surface area contributed by atoms with Gasteiger partial charge in [-0.25, -0.2) is 0 Å². The standard InChI is InChI=1S/C14H31NO5/c1-14(2)13-20-12-11-19-10-9-18-8-7-17-6-5-16-4-3-15/h14H,3-13,15H2,1-2H3. The summed E-state index contributed by atoms with van der Waals surface area (Å²) in [5, 5.41) is 0. The highest BCUT2D eigenvalue weighted by molar-refractivity contribution is 4.40. The predicted molar refractivity (Wildman–Crippen MR) is 78.0 cm³/mol. The predicted octanol–water partition coefficient (Wildman–Crippen LogP) is 0.684. The Morgan fingerprint density at radius 3 is 1.30 bits per heavy atom. The Kier molecular flexibility index (Phi) is 16.6. The molecule has 0 fully saturated rings. The van der Waals surface area contributed by atoms with Gasteiger partial charge in [-0.1, -0.05) is 13.8 Å². The molecule has 0 aliphatic carbocycles. The summed E-state index contributed by atoms with van der Waals surface area (Å²) in [6.07, 6.45) is 0. The summed E-state index contributed by atoms with van der Waals surface area (Å²) in [6.45, 7) is 10.9. The Labute approximate surface area is 122 Å². The van der Waals surface area contributed by atoms with E-state index in [4.69, 9.17) is 29.4 Å². The van der Waals surface area contributed by atoms with Gasteiger partial charge in [0.05, 0.1) is 59.5 Å². The zero-order valence-electron chi connectivity index (χ0n) is 13.0. The number of nitrogens with two attached hydrogens (primary N) is 1. The number of hydrogen-bond acceptors (Lipinski definition) is 6. The lowest BCUT2D eigenvalue weighted by Crippen LogP contribution is -2.15. The zero-order chi connectivity index (χ0) is 14.9. The second-order valence-electron chi connectivity index (χ2n) is 4.71. The third-order valence-electron chi connectivity index (χ3n) is 2.20. The molecule has 0 saturated carbocycles. The minimum atomic E-state index is 0.547. The van der Waals surface area contributed by atoms with Gasteiger partial charge in [-0.15, -0.1) is 0 Å². The van der Waals surface area contributed by atoms with Gasteiger partial charge in [-0.05, 0) is 5.92 Å². The molecule has 0 aromatic heterocycles. The van der Waals surface area contributed by atoms with Crippen LogP contribution in [0.4, 0.5) is 0 Å². The molecule has 0 aromatic rings. The minimum absolute atomic E-state index is 0.547. The summed E-state index contributed by atoms with van der Waals surface area (Å²) in [7, 11) is 0. The van der Waals surface area contributed by atoms with Crippen LogP contribution in [0.3, 0.4) is 0 Å². The Balaban J connectivity index is 2.92. The first kappa shape index (κ1) is 19.8. The molecule has 0 aromatic carbocycles. The highest BCUT2D eigenvalue weighted by Gasteiger charge is 1.94. The van der Waals surface area contributed by atoms with E-state index in [9.17, 15) is 0 Å². The summed E-state index contributed by atoms with van der Waals surface area (Å²) < 4.78 is 26.6. The lowest BCUT2D eigenvalue weighted by molar-refractivity contribution is -0.0123. The zero-order valence-corrected chi connectivity index (χ0v) is 13.0. The molecule has 0 atom stereocenters. The molecule has 6 nitrogen and oxygen atoms in total. The summed E-state index contributed by atoms with van der Waals surface area (Å²) >= 11 is 0. The molecule has 0 aliphatic rings. The van der Waals surface area contributed by atoms with Gasteiger partial charge in [0.25, 0.3) is 0 Å². The maximum absolute atomic E-state index is 5.39. The Morgan fingerprint density at radius 2 is 0.950 bits per heavy atom. The van der Waals surface area contributed by atoms with Gasteiger partial charge in [0.2, 0.25) is 0 Å². The molecule has 2 N–H and O–H groups in total. The van der Waals surface area contributed by atoms with Crippen molar-refractivity contribution in [3.63, 3.8) is 0 Å². The SMILES string of the molecule is CC(C)COCCOCCOCCOCCOCCN. The molecule has 0 bridgehead atoms. The summed E-state index contributed by atoms with van der Waals surface area (Å²) in [6, 6.07) is 0. The molecule has 0 unspecified atom stereocenters. The van der Waals surface area contributed by atoms with E-state index in [1.807, 2.05) is 0 Å². The van der Waals surface area contributed by atoms with Crippen LogP contribution in [0.25, 0.3) is 0 Å². The molecule has 0 aliphatic heterocycles. The maximum Gasteiger partial charge on any atom is 0.0701 e. The fourth-order valence-corrected chi connectivity index (χ4v) is 1.28. The van der Waals surface area contributed by atoms with Crippen LogP contribution in [0.2, 0.25) is 0 Å². The van der Waals surface area contributed by atoms with Crippen molar-refractivity contribution in [3.05, 3.63) is 0 Å². The normalized spacial score (nSPS) is 11.4. The van der Waals surface area contributed by atoms with Crippen LogP contribution in [0, 0.1) is 5.92 Å². The molecule has 0 radical (unpaired) electrons. The molecular weight excluding hydrogens is 262 g/mol. The summed E-state index contributed by atoms with van der Waals surface area (Å²) in [5.41, 5.74) is 5.28. The van der Waals surface area contributed by atoms with Crippen molar-refractivity contribution < 1.29 is 23.7 Å². The molecule has 0 amide bonds. The van der Waals surface area contributed by atoms with E-state index in [0.717, 1.165) is 6.61 Å². The lowest BCUT2D eigenvalue weighted by Gasteiger charge is -2.08. The highest BCUT2D eigenvalue weighted by Crippen LogP contribution is 1.91. The van der Waals surface area contributed by atoms with Crippen LogP contribution in [0.15, 0.2) is 0 Å². The van der Waals surface area contributed by atoms with Crippen LogP contribution in [0.1, 0.15) is 13.8 Å². The van der Waals surface area contributed by atoms with Crippen molar-refractivity contribution in [2.45, 2.75) is 13.8 Å². The smallest absolute Gasteiger partial charge is 0.0701 e. The van der Waals surface area contributed by atoms with E-state index >= 15 is 0 Å². The second-order valence-corrected chi connectivity index (χ2v) is 4.71. The van der Waals surface area contributed by atoms with Crippen molar-refractivity contribution in [1.29, 1.82) is 0 Å². The first-order valence-electron chi connectivity index (χ1n) is 7.36. The van der Waals surface area contributed by atoms with E-state index in [2.05, 4.69) is 13.8 Å². The molecule has 0 spiro atoms. The van der Waals surface area contributed by atoms with Crippen molar-refractivity contribution in [3.8, 4) is 0 Å². The average Bonchev–Trinajstić information content (AvgIpc) is 2.43. The van der Waals surface area contributed by atoms with Gasteiger partial charge >= 0.3 is 0 Å². The largest absolute Gasteiger partial charge is 0.379 e. The third kappa shape index (κ3) is 17.8. The van der Waals surface area contributed by atoms with E-state index < -0.39 is 0 Å².